The first-order valence-corrected chi connectivity index (χ1v) is 6.69. The maximum absolute atomic E-state index is 11.9. The van der Waals surface area contributed by atoms with Crippen LogP contribution in [0, 0.1) is 12.3 Å². The summed E-state index contributed by atoms with van der Waals surface area (Å²) in [7, 11) is 0. The van der Waals surface area contributed by atoms with Crippen molar-refractivity contribution in [3.63, 3.8) is 0 Å². The third-order valence-corrected chi connectivity index (χ3v) is 3.96. The number of hydrogen-bond donors (Lipinski definition) is 2. The summed E-state index contributed by atoms with van der Waals surface area (Å²) in [5, 5.41) is 2.99. The summed E-state index contributed by atoms with van der Waals surface area (Å²) < 4.78 is 5.14. The third-order valence-electron chi connectivity index (χ3n) is 3.96. The van der Waals surface area contributed by atoms with E-state index >= 15 is 0 Å². The smallest absolute Gasteiger partial charge is 0.254 e. The Hall–Kier alpha value is -1.29. The van der Waals surface area contributed by atoms with Crippen molar-refractivity contribution in [2.45, 2.75) is 39.0 Å². The average molecular weight is 250 g/mol. The highest BCUT2D eigenvalue weighted by Crippen LogP contribution is 2.34. The predicted octanol–water partition coefficient (Wildman–Crippen LogP) is 2.23. The molecule has 100 valence electrons. The number of hydrogen-bond acceptors (Lipinski definition) is 3. The maximum atomic E-state index is 11.9. The molecular weight excluding hydrogens is 228 g/mol. The van der Waals surface area contributed by atoms with Crippen LogP contribution in [0.2, 0.25) is 0 Å². The van der Waals surface area contributed by atoms with E-state index in [2.05, 4.69) is 5.32 Å². The minimum atomic E-state index is -0.0646. The Balaban J connectivity index is 1.91. The van der Waals surface area contributed by atoms with Crippen molar-refractivity contribution in [1.82, 2.24) is 5.32 Å². The number of carbonyl (C=O) groups is 1. The number of aryl methyl sites for hydroxylation is 1. The molecule has 3 N–H and O–H groups in total. The number of furan rings is 1. The van der Waals surface area contributed by atoms with Crippen LogP contribution in [0.3, 0.4) is 0 Å². The van der Waals surface area contributed by atoms with Crippen LogP contribution in [0.15, 0.2) is 16.7 Å². The molecule has 0 unspecified atom stereocenters. The van der Waals surface area contributed by atoms with Crippen LogP contribution in [0.4, 0.5) is 0 Å². The summed E-state index contributed by atoms with van der Waals surface area (Å²) in [5.74, 6) is 0.691. The van der Waals surface area contributed by atoms with Gasteiger partial charge in [-0.3, -0.25) is 4.79 Å². The standard InChI is InChI=1S/C14H22N2O2/c1-11-7-12(8-18-11)13(17)16-10-14(9-15)5-3-2-4-6-14/h7-8H,2-6,9-10,15H2,1H3,(H,16,17). The first kappa shape index (κ1) is 13.1. The second kappa shape index (κ2) is 5.57. The van der Waals surface area contributed by atoms with Crippen LogP contribution in [0.1, 0.15) is 48.2 Å². The quantitative estimate of drug-likeness (QED) is 0.861. The molecule has 0 spiro atoms. The molecule has 0 saturated heterocycles. The van der Waals surface area contributed by atoms with E-state index in [1.165, 1.54) is 25.5 Å². The van der Waals surface area contributed by atoms with Crippen molar-refractivity contribution in [3.8, 4) is 0 Å². The second-order valence-corrected chi connectivity index (χ2v) is 5.39. The van der Waals surface area contributed by atoms with Gasteiger partial charge in [0.15, 0.2) is 0 Å². The van der Waals surface area contributed by atoms with Gasteiger partial charge in [0, 0.05) is 6.54 Å². The van der Waals surface area contributed by atoms with Crippen LogP contribution in [0.5, 0.6) is 0 Å². The molecule has 1 saturated carbocycles. The Kier molecular flexibility index (Phi) is 4.07. The normalized spacial score (nSPS) is 18.6. The Bertz CT molecular complexity index is 406. The van der Waals surface area contributed by atoms with Crippen LogP contribution < -0.4 is 11.1 Å². The summed E-state index contributed by atoms with van der Waals surface area (Å²) in [6.07, 6.45) is 7.47. The lowest BCUT2D eigenvalue weighted by Gasteiger charge is -2.36. The number of nitrogens with one attached hydrogen (secondary N) is 1. The molecule has 0 aromatic carbocycles. The largest absolute Gasteiger partial charge is 0.469 e. The van der Waals surface area contributed by atoms with Crippen molar-refractivity contribution >= 4 is 5.91 Å². The summed E-state index contributed by atoms with van der Waals surface area (Å²) in [4.78, 5) is 11.9. The van der Waals surface area contributed by atoms with E-state index in [4.69, 9.17) is 10.2 Å². The summed E-state index contributed by atoms with van der Waals surface area (Å²) in [6.45, 7) is 3.16. The van der Waals surface area contributed by atoms with E-state index in [9.17, 15) is 4.79 Å². The topological polar surface area (TPSA) is 68.3 Å². The van der Waals surface area contributed by atoms with Gasteiger partial charge in [-0.1, -0.05) is 19.3 Å². The molecule has 4 nitrogen and oxygen atoms in total. The van der Waals surface area contributed by atoms with E-state index in [0.29, 0.717) is 18.7 Å². The van der Waals surface area contributed by atoms with Crippen molar-refractivity contribution in [1.29, 1.82) is 0 Å². The third kappa shape index (κ3) is 2.93. The minimum absolute atomic E-state index is 0.0646. The summed E-state index contributed by atoms with van der Waals surface area (Å²) in [5.41, 5.74) is 6.59. The zero-order valence-electron chi connectivity index (χ0n) is 11.0. The molecule has 2 rings (SSSR count). The van der Waals surface area contributed by atoms with Crippen LogP contribution in [-0.4, -0.2) is 19.0 Å². The molecule has 1 aliphatic rings. The van der Waals surface area contributed by atoms with Gasteiger partial charge in [0.25, 0.3) is 5.91 Å². The van der Waals surface area contributed by atoms with Gasteiger partial charge in [0.05, 0.1) is 5.56 Å². The van der Waals surface area contributed by atoms with Gasteiger partial charge in [-0.05, 0) is 37.8 Å². The van der Waals surface area contributed by atoms with E-state index in [1.807, 2.05) is 6.92 Å². The van der Waals surface area contributed by atoms with E-state index in [-0.39, 0.29) is 11.3 Å². The van der Waals surface area contributed by atoms with Crippen molar-refractivity contribution in [2.24, 2.45) is 11.1 Å². The number of rotatable bonds is 4. The molecule has 4 heteroatoms. The molecular formula is C14H22N2O2. The Morgan fingerprint density at radius 3 is 2.72 bits per heavy atom. The summed E-state index contributed by atoms with van der Waals surface area (Å²) >= 11 is 0. The van der Waals surface area contributed by atoms with E-state index < -0.39 is 0 Å². The molecule has 1 heterocycles. The van der Waals surface area contributed by atoms with Crippen LogP contribution >= 0.6 is 0 Å². The Labute approximate surface area is 108 Å². The number of carbonyl (C=O) groups excluding carboxylic acids is 1. The van der Waals surface area contributed by atoms with Crippen LogP contribution in [0.25, 0.3) is 0 Å². The first-order chi connectivity index (χ1) is 8.65. The molecule has 1 amide bonds. The fourth-order valence-electron chi connectivity index (χ4n) is 2.69. The lowest BCUT2D eigenvalue weighted by atomic mass is 9.74. The van der Waals surface area contributed by atoms with E-state index in [0.717, 1.165) is 18.6 Å². The summed E-state index contributed by atoms with van der Waals surface area (Å²) in [6, 6.07) is 1.76. The molecule has 1 aliphatic carbocycles. The molecule has 0 aliphatic heterocycles. The lowest BCUT2D eigenvalue weighted by molar-refractivity contribution is 0.0913. The van der Waals surface area contributed by atoms with E-state index in [1.54, 1.807) is 6.07 Å². The SMILES string of the molecule is Cc1cc(C(=O)NCC2(CN)CCCCC2)co1. The van der Waals surface area contributed by atoms with Gasteiger partial charge >= 0.3 is 0 Å². The zero-order valence-corrected chi connectivity index (χ0v) is 11.0. The maximum Gasteiger partial charge on any atom is 0.254 e. The molecule has 0 radical (unpaired) electrons. The fraction of sp³-hybridized carbons (Fsp3) is 0.643. The molecule has 18 heavy (non-hydrogen) atoms. The molecule has 0 bridgehead atoms. The second-order valence-electron chi connectivity index (χ2n) is 5.39. The van der Waals surface area contributed by atoms with Gasteiger partial charge < -0.3 is 15.5 Å². The van der Waals surface area contributed by atoms with Gasteiger partial charge in [0.2, 0.25) is 0 Å². The van der Waals surface area contributed by atoms with Gasteiger partial charge in [-0.15, -0.1) is 0 Å². The predicted molar refractivity (Wildman–Crippen MR) is 70.4 cm³/mol. The monoisotopic (exact) mass is 250 g/mol. The van der Waals surface area contributed by atoms with Gasteiger partial charge in [-0.2, -0.15) is 0 Å². The lowest BCUT2D eigenvalue weighted by Crippen LogP contribution is -2.43. The molecule has 1 fully saturated rings. The average Bonchev–Trinajstić information content (AvgIpc) is 2.84. The molecule has 0 atom stereocenters. The highest BCUT2D eigenvalue weighted by Gasteiger charge is 2.31. The highest BCUT2D eigenvalue weighted by atomic mass is 16.3. The van der Waals surface area contributed by atoms with Crippen LogP contribution in [-0.2, 0) is 0 Å². The highest BCUT2D eigenvalue weighted by molar-refractivity contribution is 5.93. The number of nitrogens with two attached hydrogens (primary N) is 1. The van der Waals surface area contributed by atoms with Gasteiger partial charge in [0.1, 0.15) is 12.0 Å². The number of amides is 1. The molecule has 1 aromatic heterocycles. The first-order valence-electron chi connectivity index (χ1n) is 6.69. The Morgan fingerprint density at radius 2 is 2.17 bits per heavy atom. The van der Waals surface area contributed by atoms with Crippen molar-refractivity contribution in [3.05, 3.63) is 23.7 Å². The van der Waals surface area contributed by atoms with Crippen molar-refractivity contribution < 1.29 is 9.21 Å². The van der Waals surface area contributed by atoms with Crippen molar-refractivity contribution in [2.75, 3.05) is 13.1 Å². The Morgan fingerprint density at radius 1 is 1.44 bits per heavy atom. The minimum Gasteiger partial charge on any atom is -0.469 e. The van der Waals surface area contributed by atoms with Gasteiger partial charge in [-0.25, -0.2) is 0 Å². The molecule has 1 aromatic rings. The zero-order chi connectivity index (χ0) is 13.0. The fourth-order valence-corrected chi connectivity index (χ4v) is 2.69.